The van der Waals surface area contributed by atoms with Crippen molar-refractivity contribution in [3.8, 4) is 11.1 Å². The van der Waals surface area contributed by atoms with Crippen LogP contribution < -0.4 is 10.9 Å². The number of hydrogen-bond donors (Lipinski definition) is 2. The molecule has 0 atom stereocenters. The standard InChI is InChI=1S/C21H15F3N2O2/c22-21(23,24)18-10-9-16(20(28)26-18)19(27)25-11-17-14-7-3-1-5-12(14)13-6-2-4-8-15(13)17/h1-10,17H,11H2,(H,25,27)(H,26,28). The Morgan fingerprint density at radius 2 is 1.50 bits per heavy atom. The predicted octanol–water partition coefficient (Wildman–Crippen LogP) is 3.94. The highest BCUT2D eigenvalue weighted by Crippen LogP contribution is 2.44. The van der Waals surface area contributed by atoms with Gasteiger partial charge < -0.3 is 10.3 Å². The van der Waals surface area contributed by atoms with Crippen LogP contribution in [0.1, 0.15) is 33.1 Å². The molecule has 0 saturated carbocycles. The zero-order valence-corrected chi connectivity index (χ0v) is 14.5. The van der Waals surface area contributed by atoms with Gasteiger partial charge >= 0.3 is 6.18 Å². The summed E-state index contributed by atoms with van der Waals surface area (Å²) in [6.45, 7) is 0.229. The average Bonchev–Trinajstić information content (AvgIpc) is 2.99. The Labute approximate surface area is 158 Å². The monoisotopic (exact) mass is 384 g/mol. The van der Waals surface area contributed by atoms with Crippen LogP contribution in [0.25, 0.3) is 11.1 Å². The van der Waals surface area contributed by atoms with Crippen LogP contribution in [0.5, 0.6) is 0 Å². The van der Waals surface area contributed by atoms with Crippen LogP contribution >= 0.6 is 0 Å². The SMILES string of the molecule is O=C(NCC1c2ccccc2-c2ccccc21)c1ccc(C(F)(F)F)[nH]c1=O. The molecule has 2 aromatic carbocycles. The number of rotatable bonds is 3. The van der Waals surface area contributed by atoms with Crippen molar-refractivity contribution in [2.45, 2.75) is 12.1 Å². The second kappa shape index (κ2) is 6.67. The number of benzene rings is 2. The summed E-state index contributed by atoms with van der Waals surface area (Å²) < 4.78 is 38.0. The van der Waals surface area contributed by atoms with E-state index in [2.05, 4.69) is 5.32 Å². The minimum atomic E-state index is -4.68. The first-order valence-corrected chi connectivity index (χ1v) is 8.63. The van der Waals surface area contributed by atoms with Crippen molar-refractivity contribution in [2.24, 2.45) is 0 Å². The fraction of sp³-hybridized carbons (Fsp3) is 0.143. The van der Waals surface area contributed by atoms with Crippen molar-refractivity contribution in [3.63, 3.8) is 0 Å². The molecule has 0 bridgehead atoms. The molecule has 1 aliphatic carbocycles. The molecule has 28 heavy (non-hydrogen) atoms. The Kier molecular flexibility index (Phi) is 4.30. The molecule has 3 aromatic rings. The van der Waals surface area contributed by atoms with Crippen molar-refractivity contribution in [1.82, 2.24) is 10.3 Å². The normalized spacial score (nSPS) is 13.1. The summed E-state index contributed by atoms with van der Waals surface area (Å²) in [5.74, 6) is -0.804. The molecule has 0 spiro atoms. The second-order valence-electron chi connectivity index (χ2n) is 6.55. The first kappa shape index (κ1) is 18.0. The van der Waals surface area contributed by atoms with Gasteiger partial charge in [-0.05, 0) is 34.4 Å². The molecule has 1 aromatic heterocycles. The fourth-order valence-electron chi connectivity index (χ4n) is 3.59. The van der Waals surface area contributed by atoms with E-state index in [4.69, 9.17) is 0 Å². The molecule has 0 saturated heterocycles. The third kappa shape index (κ3) is 3.09. The lowest BCUT2D eigenvalue weighted by Gasteiger charge is -2.15. The van der Waals surface area contributed by atoms with Gasteiger partial charge in [0.05, 0.1) is 0 Å². The molecule has 2 N–H and O–H groups in total. The summed E-state index contributed by atoms with van der Waals surface area (Å²) in [5.41, 5.74) is 1.69. The fourth-order valence-corrected chi connectivity index (χ4v) is 3.59. The largest absolute Gasteiger partial charge is 0.431 e. The van der Waals surface area contributed by atoms with Gasteiger partial charge in [0.25, 0.3) is 11.5 Å². The maximum Gasteiger partial charge on any atom is 0.431 e. The Hall–Kier alpha value is -3.35. The molecule has 0 unspecified atom stereocenters. The molecule has 4 nitrogen and oxygen atoms in total. The van der Waals surface area contributed by atoms with Gasteiger partial charge in [0.2, 0.25) is 0 Å². The number of fused-ring (bicyclic) bond motifs is 3. The van der Waals surface area contributed by atoms with E-state index >= 15 is 0 Å². The molecule has 1 heterocycles. The number of amides is 1. The second-order valence-corrected chi connectivity index (χ2v) is 6.55. The summed E-state index contributed by atoms with van der Waals surface area (Å²) >= 11 is 0. The smallest absolute Gasteiger partial charge is 0.351 e. The number of pyridine rings is 1. The van der Waals surface area contributed by atoms with E-state index in [1.165, 1.54) is 0 Å². The minimum absolute atomic E-state index is 0.0927. The van der Waals surface area contributed by atoms with Crippen LogP contribution in [0.2, 0.25) is 0 Å². The minimum Gasteiger partial charge on any atom is -0.351 e. The van der Waals surface area contributed by atoms with E-state index in [0.717, 1.165) is 28.3 Å². The van der Waals surface area contributed by atoms with E-state index in [9.17, 15) is 22.8 Å². The number of carbonyl (C=O) groups is 1. The Morgan fingerprint density at radius 1 is 0.929 bits per heavy atom. The van der Waals surface area contributed by atoms with E-state index in [1.807, 2.05) is 48.5 Å². The van der Waals surface area contributed by atoms with Crippen LogP contribution in [0.4, 0.5) is 13.2 Å². The lowest BCUT2D eigenvalue weighted by molar-refractivity contribution is -0.141. The highest BCUT2D eigenvalue weighted by atomic mass is 19.4. The molecule has 4 rings (SSSR count). The first-order valence-electron chi connectivity index (χ1n) is 8.63. The van der Waals surface area contributed by atoms with Crippen molar-refractivity contribution in [2.75, 3.05) is 6.54 Å². The number of aromatic amines is 1. The van der Waals surface area contributed by atoms with Crippen LogP contribution in [0, 0.1) is 0 Å². The molecule has 1 aliphatic rings. The number of alkyl halides is 3. The maximum atomic E-state index is 12.7. The quantitative estimate of drug-likeness (QED) is 0.719. The highest BCUT2D eigenvalue weighted by Gasteiger charge is 2.32. The number of halogens is 3. The molecule has 1 amide bonds. The van der Waals surface area contributed by atoms with E-state index in [-0.39, 0.29) is 18.0 Å². The van der Waals surface area contributed by atoms with Gasteiger partial charge in [-0.15, -0.1) is 0 Å². The van der Waals surface area contributed by atoms with Crippen molar-refractivity contribution < 1.29 is 18.0 Å². The van der Waals surface area contributed by atoms with Gasteiger partial charge in [0.15, 0.2) is 0 Å². The van der Waals surface area contributed by atoms with E-state index < -0.39 is 23.3 Å². The summed E-state index contributed by atoms with van der Waals surface area (Å²) in [7, 11) is 0. The van der Waals surface area contributed by atoms with Gasteiger partial charge in [-0.3, -0.25) is 9.59 Å². The number of hydrogen-bond acceptors (Lipinski definition) is 2. The lowest BCUT2D eigenvalue weighted by atomic mass is 9.97. The summed E-state index contributed by atoms with van der Waals surface area (Å²) in [6.07, 6.45) is -4.68. The molecule has 142 valence electrons. The zero-order chi connectivity index (χ0) is 19.9. The average molecular weight is 384 g/mol. The number of H-pyrrole nitrogens is 1. The van der Waals surface area contributed by atoms with Crippen LogP contribution in [-0.4, -0.2) is 17.4 Å². The molecule has 0 aliphatic heterocycles. The van der Waals surface area contributed by atoms with Crippen LogP contribution in [0.3, 0.4) is 0 Å². The molecule has 0 radical (unpaired) electrons. The first-order chi connectivity index (χ1) is 13.4. The third-order valence-corrected chi connectivity index (χ3v) is 4.89. The van der Waals surface area contributed by atoms with Gasteiger partial charge in [-0.1, -0.05) is 48.5 Å². The van der Waals surface area contributed by atoms with Gasteiger partial charge in [-0.25, -0.2) is 0 Å². The summed E-state index contributed by atoms with van der Waals surface area (Å²) in [6, 6.07) is 17.3. The van der Waals surface area contributed by atoms with Crippen LogP contribution in [0.15, 0.2) is 65.5 Å². The Morgan fingerprint density at radius 3 is 2.04 bits per heavy atom. The Balaban J connectivity index is 1.57. The molecule has 7 heteroatoms. The number of aromatic nitrogens is 1. The number of nitrogens with one attached hydrogen (secondary N) is 2. The maximum absolute atomic E-state index is 12.7. The third-order valence-electron chi connectivity index (χ3n) is 4.89. The number of carbonyl (C=O) groups excluding carboxylic acids is 1. The van der Waals surface area contributed by atoms with Gasteiger partial charge in [0.1, 0.15) is 11.3 Å². The van der Waals surface area contributed by atoms with Crippen molar-refractivity contribution in [1.29, 1.82) is 0 Å². The molecular formula is C21H15F3N2O2. The van der Waals surface area contributed by atoms with E-state index in [1.54, 1.807) is 4.98 Å². The van der Waals surface area contributed by atoms with Gasteiger partial charge in [0, 0.05) is 12.5 Å². The predicted molar refractivity (Wildman–Crippen MR) is 98.1 cm³/mol. The molecule has 0 fully saturated rings. The van der Waals surface area contributed by atoms with Crippen LogP contribution in [-0.2, 0) is 6.18 Å². The Bertz CT molecular complexity index is 1070. The highest BCUT2D eigenvalue weighted by molar-refractivity contribution is 5.94. The topological polar surface area (TPSA) is 62.0 Å². The summed E-state index contributed by atoms with van der Waals surface area (Å²) in [4.78, 5) is 26.0. The van der Waals surface area contributed by atoms with E-state index in [0.29, 0.717) is 6.07 Å². The van der Waals surface area contributed by atoms with Gasteiger partial charge in [-0.2, -0.15) is 13.2 Å². The lowest BCUT2D eigenvalue weighted by Crippen LogP contribution is -2.33. The summed E-state index contributed by atoms with van der Waals surface area (Å²) in [5, 5.41) is 2.68. The zero-order valence-electron chi connectivity index (χ0n) is 14.5. The molecular weight excluding hydrogens is 369 g/mol. The van der Waals surface area contributed by atoms with Crippen molar-refractivity contribution in [3.05, 3.63) is 93.4 Å². The van der Waals surface area contributed by atoms with Crippen molar-refractivity contribution >= 4 is 5.91 Å².